The van der Waals surface area contributed by atoms with E-state index in [9.17, 15) is 0 Å². The maximum Gasteiger partial charge on any atom is 0.0495 e. The Kier molecular flexibility index (Phi) is 4.48. The molecule has 2 heteroatoms. The van der Waals surface area contributed by atoms with Gasteiger partial charge in [-0.05, 0) is 55.9 Å². The fourth-order valence-corrected chi connectivity index (χ4v) is 3.80. The molecule has 2 rings (SSSR count). The third-order valence-corrected chi connectivity index (χ3v) is 4.40. The van der Waals surface area contributed by atoms with E-state index in [0.29, 0.717) is 5.41 Å². The van der Waals surface area contributed by atoms with Crippen molar-refractivity contribution in [1.29, 1.82) is 0 Å². The topological polar surface area (TPSA) is 21.3 Å². The second-order valence-corrected chi connectivity index (χ2v) is 7.08. The summed E-state index contributed by atoms with van der Waals surface area (Å²) in [5, 5.41) is 3.78. The van der Waals surface area contributed by atoms with E-state index < -0.39 is 0 Å². The molecule has 3 unspecified atom stereocenters. The van der Waals surface area contributed by atoms with Crippen LogP contribution in [0.5, 0.6) is 0 Å². The van der Waals surface area contributed by atoms with E-state index in [1.54, 1.807) is 0 Å². The normalized spacial score (nSPS) is 37.2. The minimum absolute atomic E-state index is 0.534. The van der Waals surface area contributed by atoms with E-state index in [1.807, 2.05) is 0 Å². The quantitative estimate of drug-likeness (QED) is 0.813. The van der Waals surface area contributed by atoms with Gasteiger partial charge in [-0.2, -0.15) is 0 Å². The number of ether oxygens (including phenoxy) is 1. The SMILES string of the molecule is CC1CC(NCCC2CCOC2)CC(C)(C)C1. The summed E-state index contributed by atoms with van der Waals surface area (Å²) in [7, 11) is 0. The minimum atomic E-state index is 0.534. The van der Waals surface area contributed by atoms with Crippen LogP contribution >= 0.6 is 0 Å². The van der Waals surface area contributed by atoms with Crippen molar-refractivity contribution in [3.8, 4) is 0 Å². The summed E-state index contributed by atoms with van der Waals surface area (Å²) in [6, 6.07) is 0.746. The van der Waals surface area contributed by atoms with Crippen molar-refractivity contribution < 1.29 is 4.74 Å². The second-order valence-electron chi connectivity index (χ2n) is 7.08. The molecule has 1 saturated heterocycles. The van der Waals surface area contributed by atoms with E-state index in [-0.39, 0.29) is 0 Å². The molecule has 2 aliphatic rings. The Balaban J connectivity index is 1.67. The molecular formula is C15H29NO. The monoisotopic (exact) mass is 239 g/mol. The first kappa shape index (κ1) is 13.4. The smallest absolute Gasteiger partial charge is 0.0495 e. The van der Waals surface area contributed by atoms with Crippen molar-refractivity contribution in [2.75, 3.05) is 19.8 Å². The Labute approximate surface area is 107 Å². The molecular weight excluding hydrogens is 210 g/mol. The molecule has 2 nitrogen and oxygen atoms in total. The van der Waals surface area contributed by atoms with Crippen molar-refractivity contribution in [2.24, 2.45) is 17.3 Å². The Bertz CT molecular complexity index is 233. The van der Waals surface area contributed by atoms with Gasteiger partial charge < -0.3 is 10.1 Å². The van der Waals surface area contributed by atoms with Crippen LogP contribution in [0.15, 0.2) is 0 Å². The molecule has 0 amide bonds. The Morgan fingerprint density at radius 2 is 2.12 bits per heavy atom. The Morgan fingerprint density at radius 3 is 2.76 bits per heavy atom. The molecule has 0 aromatic rings. The van der Waals surface area contributed by atoms with Crippen LogP contribution in [0.3, 0.4) is 0 Å². The van der Waals surface area contributed by atoms with Crippen LogP contribution in [-0.4, -0.2) is 25.8 Å². The highest BCUT2D eigenvalue weighted by molar-refractivity contribution is 4.86. The highest BCUT2D eigenvalue weighted by Crippen LogP contribution is 2.38. The van der Waals surface area contributed by atoms with Gasteiger partial charge in [0.15, 0.2) is 0 Å². The summed E-state index contributed by atoms with van der Waals surface area (Å²) in [6.07, 6.45) is 6.67. The molecule has 0 radical (unpaired) electrons. The van der Waals surface area contributed by atoms with Crippen molar-refractivity contribution in [3.05, 3.63) is 0 Å². The predicted octanol–water partition coefficient (Wildman–Crippen LogP) is 3.22. The van der Waals surface area contributed by atoms with Crippen LogP contribution in [0.2, 0.25) is 0 Å². The molecule has 2 fully saturated rings. The van der Waals surface area contributed by atoms with E-state index >= 15 is 0 Å². The van der Waals surface area contributed by atoms with Crippen molar-refractivity contribution in [3.63, 3.8) is 0 Å². The number of rotatable bonds is 4. The standard InChI is InChI=1S/C15H29NO/c1-12-8-14(10-15(2,3)9-12)16-6-4-13-5-7-17-11-13/h12-14,16H,4-11H2,1-3H3. The molecule has 3 atom stereocenters. The summed E-state index contributed by atoms with van der Waals surface area (Å²) < 4.78 is 5.42. The zero-order valence-corrected chi connectivity index (χ0v) is 11.8. The molecule has 1 aliphatic carbocycles. The number of nitrogens with one attached hydrogen (secondary N) is 1. The van der Waals surface area contributed by atoms with Crippen LogP contribution in [0, 0.1) is 17.3 Å². The summed E-state index contributed by atoms with van der Waals surface area (Å²) >= 11 is 0. The van der Waals surface area contributed by atoms with Crippen LogP contribution < -0.4 is 5.32 Å². The zero-order valence-electron chi connectivity index (χ0n) is 11.8. The minimum Gasteiger partial charge on any atom is -0.381 e. The van der Waals surface area contributed by atoms with Gasteiger partial charge in [0.05, 0.1) is 0 Å². The average Bonchev–Trinajstić information content (AvgIpc) is 2.67. The second kappa shape index (κ2) is 5.71. The van der Waals surface area contributed by atoms with Crippen molar-refractivity contribution in [1.82, 2.24) is 5.32 Å². The van der Waals surface area contributed by atoms with E-state index in [0.717, 1.165) is 31.1 Å². The number of hydrogen-bond donors (Lipinski definition) is 1. The van der Waals surface area contributed by atoms with Gasteiger partial charge in [0, 0.05) is 19.3 Å². The number of hydrogen-bond acceptors (Lipinski definition) is 2. The van der Waals surface area contributed by atoms with Crippen molar-refractivity contribution in [2.45, 2.75) is 58.9 Å². The van der Waals surface area contributed by atoms with E-state index in [1.165, 1.54) is 38.6 Å². The molecule has 1 N–H and O–H groups in total. The molecule has 17 heavy (non-hydrogen) atoms. The van der Waals surface area contributed by atoms with Gasteiger partial charge in [-0.25, -0.2) is 0 Å². The van der Waals surface area contributed by atoms with Gasteiger partial charge in [-0.15, -0.1) is 0 Å². The molecule has 1 saturated carbocycles. The zero-order chi connectivity index (χ0) is 12.3. The highest BCUT2D eigenvalue weighted by Gasteiger charge is 2.31. The first-order valence-corrected chi connectivity index (χ1v) is 7.36. The Morgan fingerprint density at radius 1 is 1.29 bits per heavy atom. The van der Waals surface area contributed by atoms with Gasteiger partial charge in [-0.1, -0.05) is 20.8 Å². The molecule has 0 aromatic heterocycles. The first-order valence-electron chi connectivity index (χ1n) is 7.36. The predicted molar refractivity (Wildman–Crippen MR) is 72.1 cm³/mol. The molecule has 1 aliphatic heterocycles. The van der Waals surface area contributed by atoms with Crippen molar-refractivity contribution >= 4 is 0 Å². The summed E-state index contributed by atoms with van der Waals surface area (Å²) in [6.45, 7) is 10.4. The summed E-state index contributed by atoms with van der Waals surface area (Å²) in [5.41, 5.74) is 0.534. The highest BCUT2D eigenvalue weighted by atomic mass is 16.5. The van der Waals surface area contributed by atoms with Gasteiger partial charge in [0.2, 0.25) is 0 Å². The lowest BCUT2D eigenvalue weighted by molar-refractivity contribution is 0.149. The third-order valence-electron chi connectivity index (χ3n) is 4.40. The molecule has 0 bridgehead atoms. The fourth-order valence-electron chi connectivity index (χ4n) is 3.80. The summed E-state index contributed by atoms with van der Waals surface area (Å²) in [4.78, 5) is 0. The molecule has 0 aromatic carbocycles. The van der Waals surface area contributed by atoms with Gasteiger partial charge >= 0.3 is 0 Å². The van der Waals surface area contributed by atoms with Gasteiger partial charge in [0.25, 0.3) is 0 Å². The molecule has 100 valence electrons. The lowest BCUT2D eigenvalue weighted by Crippen LogP contribution is -2.40. The fraction of sp³-hybridized carbons (Fsp3) is 1.00. The largest absolute Gasteiger partial charge is 0.381 e. The third kappa shape index (κ3) is 4.26. The lowest BCUT2D eigenvalue weighted by atomic mass is 9.70. The van der Waals surface area contributed by atoms with E-state index in [4.69, 9.17) is 4.74 Å². The van der Waals surface area contributed by atoms with Crippen LogP contribution in [0.1, 0.15) is 52.9 Å². The first-order chi connectivity index (χ1) is 8.05. The maximum absolute atomic E-state index is 5.42. The van der Waals surface area contributed by atoms with Crippen LogP contribution in [0.25, 0.3) is 0 Å². The summed E-state index contributed by atoms with van der Waals surface area (Å²) in [5.74, 6) is 1.70. The van der Waals surface area contributed by atoms with E-state index in [2.05, 4.69) is 26.1 Å². The lowest BCUT2D eigenvalue weighted by Gasteiger charge is -2.39. The Hall–Kier alpha value is -0.0800. The van der Waals surface area contributed by atoms with Crippen LogP contribution in [0.4, 0.5) is 0 Å². The van der Waals surface area contributed by atoms with Gasteiger partial charge in [-0.3, -0.25) is 0 Å². The van der Waals surface area contributed by atoms with Crippen LogP contribution in [-0.2, 0) is 4.74 Å². The van der Waals surface area contributed by atoms with Gasteiger partial charge in [0.1, 0.15) is 0 Å². The average molecular weight is 239 g/mol. The maximum atomic E-state index is 5.42. The molecule has 0 spiro atoms. The molecule has 1 heterocycles.